The summed E-state index contributed by atoms with van der Waals surface area (Å²) in [6, 6.07) is 3.80. The molecule has 0 aliphatic carbocycles. The van der Waals surface area contributed by atoms with Gasteiger partial charge in [0.05, 0.1) is 6.54 Å². The fraction of sp³-hybridized carbons (Fsp3) is 0.421. The molecule has 1 atom stereocenters. The first kappa shape index (κ1) is 19.1. The molecular formula is C19H21F3N2O3. The normalized spacial score (nSPS) is 19.7. The van der Waals surface area contributed by atoms with Gasteiger partial charge in [0, 0.05) is 19.3 Å². The van der Waals surface area contributed by atoms with Crippen LogP contribution in [-0.2, 0) is 4.74 Å². The van der Waals surface area contributed by atoms with Gasteiger partial charge in [0.15, 0.2) is 11.6 Å². The Morgan fingerprint density at radius 2 is 2.15 bits per heavy atom. The standard InChI is InChI=1S/C19H21F3N2O3/c1-11(2)17-10-24(19(25)27-17)9-12-5-14(8-23-7-12)13-3-4-15(20)16(6-13)26-18(21)22/h3-6,8,11,17-18,23H,7,9-10H2,1-2H3/t17-/m0/s1. The molecule has 27 heavy (non-hydrogen) atoms. The first-order chi connectivity index (χ1) is 12.8. The number of alkyl halides is 2. The van der Waals surface area contributed by atoms with Gasteiger partial charge in [-0.15, -0.1) is 0 Å². The predicted molar refractivity (Wildman–Crippen MR) is 93.8 cm³/mol. The minimum absolute atomic E-state index is 0.129. The van der Waals surface area contributed by atoms with Gasteiger partial charge in [0.1, 0.15) is 6.10 Å². The van der Waals surface area contributed by atoms with Crippen LogP contribution in [0.2, 0.25) is 0 Å². The van der Waals surface area contributed by atoms with Gasteiger partial charge in [-0.1, -0.05) is 26.0 Å². The smallest absolute Gasteiger partial charge is 0.410 e. The molecule has 1 amide bonds. The number of hydrogen-bond donors (Lipinski definition) is 1. The molecule has 2 aliphatic rings. The van der Waals surface area contributed by atoms with E-state index in [2.05, 4.69) is 10.1 Å². The first-order valence-corrected chi connectivity index (χ1v) is 8.66. The van der Waals surface area contributed by atoms with E-state index in [0.29, 0.717) is 30.8 Å². The van der Waals surface area contributed by atoms with Crippen LogP contribution in [0.5, 0.6) is 5.75 Å². The number of rotatable bonds is 6. The summed E-state index contributed by atoms with van der Waals surface area (Å²) in [5.41, 5.74) is 2.14. The zero-order valence-electron chi connectivity index (χ0n) is 15.0. The van der Waals surface area contributed by atoms with Crippen molar-refractivity contribution in [2.75, 3.05) is 19.6 Å². The fourth-order valence-corrected chi connectivity index (χ4v) is 3.00. The lowest BCUT2D eigenvalue weighted by molar-refractivity contribution is -0.0522. The van der Waals surface area contributed by atoms with E-state index in [1.807, 2.05) is 19.9 Å². The van der Waals surface area contributed by atoms with Crippen molar-refractivity contribution in [1.29, 1.82) is 0 Å². The Labute approximate surface area is 155 Å². The molecule has 2 aliphatic heterocycles. The van der Waals surface area contributed by atoms with Crippen molar-refractivity contribution in [3.8, 4) is 5.75 Å². The van der Waals surface area contributed by atoms with Gasteiger partial charge in [-0.2, -0.15) is 8.78 Å². The number of hydrogen-bond acceptors (Lipinski definition) is 4. The lowest BCUT2D eigenvalue weighted by Gasteiger charge is -2.20. The highest BCUT2D eigenvalue weighted by Crippen LogP contribution is 2.28. The van der Waals surface area contributed by atoms with E-state index in [9.17, 15) is 18.0 Å². The number of allylic oxidation sites excluding steroid dienone is 2. The first-order valence-electron chi connectivity index (χ1n) is 8.66. The molecule has 2 heterocycles. The van der Waals surface area contributed by atoms with Gasteiger partial charge in [0.2, 0.25) is 0 Å². The Morgan fingerprint density at radius 1 is 1.37 bits per heavy atom. The Bertz CT molecular complexity index is 777. The van der Waals surface area contributed by atoms with E-state index in [1.54, 1.807) is 11.1 Å². The van der Waals surface area contributed by atoms with Crippen LogP contribution < -0.4 is 10.1 Å². The van der Waals surface area contributed by atoms with E-state index < -0.39 is 18.2 Å². The van der Waals surface area contributed by atoms with E-state index in [0.717, 1.165) is 11.6 Å². The third-order valence-corrected chi connectivity index (χ3v) is 4.48. The molecule has 5 nitrogen and oxygen atoms in total. The molecule has 0 saturated carbocycles. The number of benzene rings is 1. The second kappa shape index (κ2) is 7.94. The number of amides is 1. The maximum atomic E-state index is 13.6. The minimum Gasteiger partial charge on any atom is -0.444 e. The number of ether oxygens (including phenoxy) is 2. The SMILES string of the molecule is CC(C)[C@@H]1CN(CC2=CC(c3ccc(F)c(OC(F)F)c3)=CNC2)C(=O)O1. The summed E-state index contributed by atoms with van der Waals surface area (Å²) in [7, 11) is 0. The van der Waals surface area contributed by atoms with Crippen LogP contribution in [0, 0.1) is 11.7 Å². The third kappa shape index (κ3) is 4.56. The molecule has 146 valence electrons. The Morgan fingerprint density at radius 3 is 2.81 bits per heavy atom. The molecule has 0 unspecified atom stereocenters. The van der Waals surface area contributed by atoms with Crippen molar-refractivity contribution < 1.29 is 27.4 Å². The van der Waals surface area contributed by atoms with E-state index >= 15 is 0 Å². The Kier molecular flexibility index (Phi) is 5.62. The Balaban J connectivity index is 1.74. The van der Waals surface area contributed by atoms with Crippen molar-refractivity contribution in [3.63, 3.8) is 0 Å². The van der Waals surface area contributed by atoms with Crippen molar-refractivity contribution in [1.82, 2.24) is 10.2 Å². The monoisotopic (exact) mass is 382 g/mol. The summed E-state index contributed by atoms with van der Waals surface area (Å²) < 4.78 is 48.0. The lowest BCUT2D eigenvalue weighted by Crippen LogP contribution is -2.31. The highest BCUT2D eigenvalue weighted by Gasteiger charge is 2.33. The third-order valence-electron chi connectivity index (χ3n) is 4.48. The molecule has 1 saturated heterocycles. The number of halogens is 3. The van der Waals surface area contributed by atoms with Crippen LogP contribution in [0.1, 0.15) is 19.4 Å². The molecule has 0 bridgehead atoms. The zero-order valence-corrected chi connectivity index (χ0v) is 15.0. The highest BCUT2D eigenvalue weighted by molar-refractivity contribution is 5.77. The summed E-state index contributed by atoms with van der Waals surface area (Å²) in [4.78, 5) is 13.6. The van der Waals surface area contributed by atoms with E-state index in [1.165, 1.54) is 12.1 Å². The largest absolute Gasteiger partial charge is 0.444 e. The zero-order chi connectivity index (χ0) is 19.6. The quantitative estimate of drug-likeness (QED) is 0.814. The predicted octanol–water partition coefficient (Wildman–Crippen LogP) is 3.77. The lowest BCUT2D eigenvalue weighted by atomic mass is 10.0. The summed E-state index contributed by atoms with van der Waals surface area (Å²) in [5, 5.41) is 3.09. The molecule has 0 spiro atoms. The maximum Gasteiger partial charge on any atom is 0.410 e. The Hall–Kier alpha value is -2.64. The number of nitrogens with one attached hydrogen (secondary N) is 1. The van der Waals surface area contributed by atoms with Crippen LogP contribution >= 0.6 is 0 Å². The van der Waals surface area contributed by atoms with E-state index in [4.69, 9.17) is 4.74 Å². The second-order valence-electron chi connectivity index (χ2n) is 6.85. The van der Waals surface area contributed by atoms with Gasteiger partial charge in [0.25, 0.3) is 0 Å². The van der Waals surface area contributed by atoms with Gasteiger partial charge in [-0.25, -0.2) is 9.18 Å². The van der Waals surface area contributed by atoms with Crippen molar-refractivity contribution in [2.45, 2.75) is 26.6 Å². The second-order valence-corrected chi connectivity index (χ2v) is 6.85. The topological polar surface area (TPSA) is 50.8 Å². The van der Waals surface area contributed by atoms with Gasteiger partial charge in [-0.05, 0) is 34.8 Å². The number of dihydropyridines is 1. The summed E-state index contributed by atoms with van der Waals surface area (Å²) in [5.74, 6) is -1.13. The number of carbonyl (C=O) groups excluding carboxylic acids is 1. The van der Waals surface area contributed by atoms with Gasteiger partial charge >= 0.3 is 12.7 Å². The number of carbonyl (C=O) groups is 1. The van der Waals surface area contributed by atoms with Crippen LogP contribution in [0.25, 0.3) is 5.57 Å². The van der Waals surface area contributed by atoms with Crippen molar-refractivity contribution in [3.05, 3.63) is 47.4 Å². The van der Waals surface area contributed by atoms with Crippen LogP contribution in [-0.4, -0.2) is 43.3 Å². The van der Waals surface area contributed by atoms with Crippen LogP contribution in [0.3, 0.4) is 0 Å². The molecule has 0 aromatic heterocycles. The molecular weight excluding hydrogens is 361 g/mol. The van der Waals surface area contributed by atoms with Crippen molar-refractivity contribution in [2.24, 2.45) is 5.92 Å². The van der Waals surface area contributed by atoms with Gasteiger partial charge < -0.3 is 19.7 Å². The molecule has 0 radical (unpaired) electrons. The van der Waals surface area contributed by atoms with Gasteiger partial charge in [-0.3, -0.25) is 0 Å². The van der Waals surface area contributed by atoms with Crippen molar-refractivity contribution >= 4 is 11.7 Å². The molecule has 1 aromatic carbocycles. The summed E-state index contributed by atoms with van der Waals surface area (Å²) >= 11 is 0. The summed E-state index contributed by atoms with van der Waals surface area (Å²) in [6.07, 6.45) is 3.09. The van der Waals surface area contributed by atoms with Crippen LogP contribution in [0.4, 0.5) is 18.0 Å². The minimum atomic E-state index is -3.10. The maximum absolute atomic E-state index is 13.6. The average molecular weight is 382 g/mol. The highest BCUT2D eigenvalue weighted by atomic mass is 19.3. The average Bonchev–Trinajstić information content (AvgIpc) is 2.98. The molecule has 3 rings (SSSR count). The van der Waals surface area contributed by atoms with E-state index in [-0.39, 0.29) is 18.1 Å². The molecule has 1 fully saturated rings. The molecule has 1 aromatic rings. The fourth-order valence-electron chi connectivity index (χ4n) is 3.00. The number of nitrogens with zero attached hydrogens (tertiary/aromatic N) is 1. The van der Waals surface area contributed by atoms with Crippen LogP contribution in [0.15, 0.2) is 36.0 Å². The molecule has 1 N–H and O–H groups in total. The summed E-state index contributed by atoms with van der Waals surface area (Å²) in [6.45, 7) is 2.36. The number of cyclic esters (lactones) is 1. The molecule has 8 heteroatoms.